The van der Waals surface area contributed by atoms with Crippen LogP contribution in [-0.2, 0) is 0 Å². The fourth-order valence-electron chi connectivity index (χ4n) is 2.68. The zero-order valence-electron chi connectivity index (χ0n) is 10.7. The van der Waals surface area contributed by atoms with E-state index in [0.29, 0.717) is 11.3 Å². The first-order valence-electron chi connectivity index (χ1n) is 6.36. The van der Waals surface area contributed by atoms with E-state index in [2.05, 4.69) is 5.32 Å². The first-order valence-corrected chi connectivity index (χ1v) is 6.36. The molecule has 4 nitrogen and oxygen atoms in total. The standard InChI is InChI=1S/C14H20N2O2/c1-10-5-4-6-11(15)12(10)13(18)16-14(9-17)7-2-3-8-14/h4-6,17H,2-3,7-9,15H2,1H3,(H,16,18). The number of hydrogen-bond donors (Lipinski definition) is 3. The molecule has 0 unspecified atom stereocenters. The number of carbonyl (C=O) groups is 1. The largest absolute Gasteiger partial charge is 0.398 e. The van der Waals surface area contributed by atoms with Gasteiger partial charge in [0.15, 0.2) is 0 Å². The quantitative estimate of drug-likeness (QED) is 0.711. The number of benzene rings is 1. The van der Waals surface area contributed by atoms with Crippen LogP contribution in [0.4, 0.5) is 5.69 Å². The number of carbonyl (C=O) groups excluding carboxylic acids is 1. The zero-order chi connectivity index (χ0) is 13.2. The van der Waals surface area contributed by atoms with Crippen molar-refractivity contribution in [3.05, 3.63) is 29.3 Å². The fourth-order valence-corrected chi connectivity index (χ4v) is 2.68. The molecule has 0 bridgehead atoms. The second-order valence-corrected chi connectivity index (χ2v) is 5.14. The smallest absolute Gasteiger partial charge is 0.254 e. The molecule has 2 rings (SSSR count). The maximum atomic E-state index is 12.3. The SMILES string of the molecule is Cc1cccc(N)c1C(=O)NC1(CO)CCCC1. The van der Waals surface area contributed by atoms with Crippen LogP contribution in [0.15, 0.2) is 18.2 Å². The second-order valence-electron chi connectivity index (χ2n) is 5.14. The summed E-state index contributed by atoms with van der Waals surface area (Å²) in [5.74, 6) is -0.179. The summed E-state index contributed by atoms with van der Waals surface area (Å²) < 4.78 is 0. The Hall–Kier alpha value is -1.55. The summed E-state index contributed by atoms with van der Waals surface area (Å²) in [5.41, 5.74) is 7.28. The molecule has 0 spiro atoms. The summed E-state index contributed by atoms with van der Waals surface area (Å²) >= 11 is 0. The zero-order valence-corrected chi connectivity index (χ0v) is 10.7. The number of rotatable bonds is 3. The van der Waals surface area contributed by atoms with Crippen molar-refractivity contribution in [1.82, 2.24) is 5.32 Å². The molecule has 1 amide bonds. The minimum absolute atomic E-state index is 0.00940. The van der Waals surface area contributed by atoms with Gasteiger partial charge in [-0.2, -0.15) is 0 Å². The summed E-state index contributed by atoms with van der Waals surface area (Å²) in [4.78, 5) is 12.3. The van der Waals surface area contributed by atoms with Crippen molar-refractivity contribution in [2.24, 2.45) is 0 Å². The van der Waals surface area contributed by atoms with Crippen molar-refractivity contribution < 1.29 is 9.90 Å². The number of hydrogen-bond acceptors (Lipinski definition) is 3. The Balaban J connectivity index is 2.22. The summed E-state index contributed by atoms with van der Waals surface area (Å²) in [6.45, 7) is 1.86. The molecule has 0 saturated heterocycles. The van der Waals surface area contributed by atoms with Gasteiger partial charge < -0.3 is 16.2 Å². The van der Waals surface area contributed by atoms with Crippen LogP contribution in [0.5, 0.6) is 0 Å². The summed E-state index contributed by atoms with van der Waals surface area (Å²) in [7, 11) is 0. The number of aliphatic hydroxyl groups is 1. The van der Waals surface area contributed by atoms with Crippen molar-refractivity contribution >= 4 is 11.6 Å². The van der Waals surface area contributed by atoms with Crippen LogP contribution in [0.25, 0.3) is 0 Å². The number of nitrogens with one attached hydrogen (secondary N) is 1. The minimum Gasteiger partial charge on any atom is -0.398 e. The normalized spacial score (nSPS) is 17.7. The highest BCUT2D eigenvalue weighted by Gasteiger charge is 2.35. The Morgan fingerprint density at radius 2 is 2.11 bits per heavy atom. The molecule has 4 N–H and O–H groups in total. The van der Waals surface area contributed by atoms with E-state index in [-0.39, 0.29) is 12.5 Å². The third kappa shape index (κ3) is 2.34. The van der Waals surface area contributed by atoms with Crippen LogP contribution in [0.1, 0.15) is 41.6 Å². The predicted molar refractivity (Wildman–Crippen MR) is 71.3 cm³/mol. The van der Waals surface area contributed by atoms with E-state index in [4.69, 9.17) is 5.73 Å². The Labute approximate surface area is 107 Å². The Morgan fingerprint density at radius 3 is 2.67 bits per heavy atom. The first-order chi connectivity index (χ1) is 8.58. The van der Waals surface area contributed by atoms with Crippen molar-refractivity contribution in [3.8, 4) is 0 Å². The number of anilines is 1. The van der Waals surface area contributed by atoms with Crippen LogP contribution >= 0.6 is 0 Å². The van der Waals surface area contributed by atoms with Gasteiger partial charge in [-0.25, -0.2) is 0 Å². The predicted octanol–water partition coefficient (Wildman–Crippen LogP) is 1.61. The van der Waals surface area contributed by atoms with Gasteiger partial charge in [-0.1, -0.05) is 25.0 Å². The molecule has 98 valence electrons. The van der Waals surface area contributed by atoms with Gasteiger partial charge in [0, 0.05) is 5.69 Å². The third-order valence-corrected chi connectivity index (χ3v) is 3.77. The van der Waals surface area contributed by atoms with Crippen LogP contribution in [0.2, 0.25) is 0 Å². The van der Waals surface area contributed by atoms with E-state index in [9.17, 15) is 9.90 Å². The molecule has 1 saturated carbocycles. The van der Waals surface area contributed by atoms with E-state index in [0.717, 1.165) is 31.2 Å². The second kappa shape index (κ2) is 4.98. The first kappa shape index (κ1) is 12.9. The maximum absolute atomic E-state index is 12.3. The number of nitrogens with two attached hydrogens (primary N) is 1. The van der Waals surface area contributed by atoms with Crippen LogP contribution in [-0.4, -0.2) is 23.2 Å². The minimum atomic E-state index is -0.453. The lowest BCUT2D eigenvalue weighted by Crippen LogP contribution is -2.49. The van der Waals surface area contributed by atoms with Gasteiger partial charge in [-0.3, -0.25) is 4.79 Å². The number of aliphatic hydroxyl groups excluding tert-OH is 1. The highest BCUT2D eigenvalue weighted by Crippen LogP contribution is 2.30. The average molecular weight is 248 g/mol. The van der Waals surface area contributed by atoms with E-state index in [1.54, 1.807) is 6.07 Å². The lowest BCUT2D eigenvalue weighted by molar-refractivity contribution is 0.0839. The molecule has 0 heterocycles. The highest BCUT2D eigenvalue weighted by atomic mass is 16.3. The van der Waals surface area contributed by atoms with Crippen molar-refractivity contribution in [2.45, 2.75) is 38.1 Å². The molecule has 1 fully saturated rings. The Morgan fingerprint density at radius 1 is 1.44 bits per heavy atom. The van der Waals surface area contributed by atoms with Crippen LogP contribution in [0, 0.1) is 6.92 Å². The van der Waals surface area contributed by atoms with Gasteiger partial charge in [-0.05, 0) is 31.4 Å². The topological polar surface area (TPSA) is 75.4 Å². The molecule has 1 aromatic carbocycles. The molecule has 1 aliphatic carbocycles. The summed E-state index contributed by atoms with van der Waals surface area (Å²) in [6.07, 6.45) is 3.76. The highest BCUT2D eigenvalue weighted by molar-refractivity contribution is 6.00. The number of aryl methyl sites for hydroxylation is 1. The van der Waals surface area contributed by atoms with Gasteiger partial charge >= 0.3 is 0 Å². The maximum Gasteiger partial charge on any atom is 0.254 e. The molecular weight excluding hydrogens is 228 g/mol. The molecule has 18 heavy (non-hydrogen) atoms. The Kier molecular flexibility index (Phi) is 3.57. The lowest BCUT2D eigenvalue weighted by Gasteiger charge is -2.28. The van der Waals surface area contributed by atoms with Crippen molar-refractivity contribution in [3.63, 3.8) is 0 Å². The van der Waals surface area contributed by atoms with E-state index in [1.165, 1.54) is 0 Å². The van der Waals surface area contributed by atoms with E-state index >= 15 is 0 Å². The van der Waals surface area contributed by atoms with Crippen molar-refractivity contribution in [1.29, 1.82) is 0 Å². The molecular formula is C14H20N2O2. The van der Waals surface area contributed by atoms with Gasteiger partial charge in [0.05, 0.1) is 17.7 Å². The van der Waals surface area contributed by atoms with E-state index < -0.39 is 5.54 Å². The van der Waals surface area contributed by atoms with Gasteiger partial charge in [-0.15, -0.1) is 0 Å². The molecule has 0 aliphatic heterocycles. The molecule has 0 aromatic heterocycles. The monoisotopic (exact) mass is 248 g/mol. The van der Waals surface area contributed by atoms with Gasteiger partial charge in [0.1, 0.15) is 0 Å². The fraction of sp³-hybridized carbons (Fsp3) is 0.500. The lowest BCUT2D eigenvalue weighted by atomic mass is 9.97. The molecule has 0 atom stereocenters. The summed E-state index contributed by atoms with van der Waals surface area (Å²) in [5, 5.41) is 12.5. The molecule has 1 aliphatic rings. The van der Waals surface area contributed by atoms with Crippen LogP contribution < -0.4 is 11.1 Å². The van der Waals surface area contributed by atoms with E-state index in [1.807, 2.05) is 19.1 Å². The van der Waals surface area contributed by atoms with Crippen LogP contribution in [0.3, 0.4) is 0 Å². The van der Waals surface area contributed by atoms with Gasteiger partial charge in [0.25, 0.3) is 5.91 Å². The van der Waals surface area contributed by atoms with Gasteiger partial charge in [0.2, 0.25) is 0 Å². The number of amides is 1. The molecule has 4 heteroatoms. The third-order valence-electron chi connectivity index (χ3n) is 3.77. The molecule has 0 radical (unpaired) electrons. The number of nitrogen functional groups attached to an aromatic ring is 1. The Bertz CT molecular complexity index is 431. The summed E-state index contributed by atoms with van der Waals surface area (Å²) in [6, 6.07) is 5.42. The average Bonchev–Trinajstić information content (AvgIpc) is 2.78. The molecule has 1 aromatic rings. The van der Waals surface area contributed by atoms with Crippen molar-refractivity contribution in [2.75, 3.05) is 12.3 Å².